The van der Waals surface area contributed by atoms with Gasteiger partial charge in [-0.05, 0) is 69.4 Å². The van der Waals surface area contributed by atoms with Gasteiger partial charge < -0.3 is 29.7 Å². The maximum Gasteiger partial charge on any atom is 0.256 e. The van der Waals surface area contributed by atoms with Crippen LogP contribution in [0.15, 0.2) is 42.6 Å². The quantitative estimate of drug-likeness (QED) is 0.434. The summed E-state index contributed by atoms with van der Waals surface area (Å²) in [7, 11) is 3.57. The van der Waals surface area contributed by atoms with Crippen LogP contribution in [0.3, 0.4) is 0 Å². The molecule has 1 amide bonds. The van der Waals surface area contributed by atoms with Crippen LogP contribution in [0, 0.1) is 11.3 Å². The fourth-order valence-electron chi connectivity index (χ4n) is 4.80. The van der Waals surface area contributed by atoms with Crippen LogP contribution in [-0.2, 0) is 4.74 Å². The molecule has 4 heterocycles. The van der Waals surface area contributed by atoms with Crippen molar-refractivity contribution in [1.82, 2.24) is 25.2 Å². The van der Waals surface area contributed by atoms with Crippen molar-refractivity contribution in [2.24, 2.45) is 0 Å². The van der Waals surface area contributed by atoms with Crippen LogP contribution in [0.2, 0.25) is 0 Å². The highest BCUT2D eigenvalue weighted by atomic mass is 16.5. The minimum atomic E-state index is -0.207. The molecule has 0 unspecified atom stereocenters. The molecule has 11 heteroatoms. The molecule has 0 bridgehead atoms. The number of nitrogens with zero attached hydrogens (tertiary/aromatic N) is 5. The molecule has 0 spiro atoms. The highest BCUT2D eigenvalue weighted by Crippen LogP contribution is 2.28. The Bertz CT molecular complexity index is 1380. The number of carbonyl (C=O) groups is 1. The van der Waals surface area contributed by atoms with Gasteiger partial charge in [0.25, 0.3) is 5.91 Å². The van der Waals surface area contributed by atoms with Crippen LogP contribution < -0.4 is 20.1 Å². The lowest BCUT2D eigenvalue weighted by Crippen LogP contribution is -2.43. The Kier molecular flexibility index (Phi) is 8.68. The van der Waals surface area contributed by atoms with Gasteiger partial charge in [0.15, 0.2) is 0 Å². The normalized spacial score (nSPS) is 16.6. The molecule has 0 radical (unpaired) electrons. The highest BCUT2D eigenvalue weighted by Gasteiger charge is 2.22. The molecule has 2 saturated heterocycles. The third-order valence-corrected chi connectivity index (χ3v) is 7.11. The summed E-state index contributed by atoms with van der Waals surface area (Å²) in [5.74, 6) is 1.31. The summed E-state index contributed by atoms with van der Waals surface area (Å²) in [6, 6.07) is 12.9. The smallest absolute Gasteiger partial charge is 0.256 e. The van der Waals surface area contributed by atoms with Crippen molar-refractivity contribution in [1.29, 1.82) is 5.26 Å². The van der Waals surface area contributed by atoms with Gasteiger partial charge in [0, 0.05) is 30.6 Å². The largest absolute Gasteiger partial charge is 0.489 e. The van der Waals surface area contributed by atoms with E-state index in [1.165, 1.54) is 7.11 Å². The van der Waals surface area contributed by atoms with Crippen molar-refractivity contribution < 1.29 is 19.0 Å². The predicted molar refractivity (Wildman–Crippen MR) is 149 cm³/mol. The number of benzene rings is 1. The molecular weight excluding hydrogens is 510 g/mol. The third-order valence-electron chi connectivity index (χ3n) is 7.11. The molecule has 40 heavy (non-hydrogen) atoms. The fraction of sp³-hybridized carbons (Fsp3) is 0.414. The van der Waals surface area contributed by atoms with Crippen LogP contribution in [0.1, 0.15) is 41.6 Å². The first kappa shape index (κ1) is 27.3. The first-order valence-corrected chi connectivity index (χ1v) is 13.5. The van der Waals surface area contributed by atoms with Gasteiger partial charge in [0.05, 0.1) is 31.6 Å². The van der Waals surface area contributed by atoms with E-state index in [0.717, 1.165) is 44.3 Å². The predicted octanol–water partition coefficient (Wildman–Crippen LogP) is 3.54. The summed E-state index contributed by atoms with van der Waals surface area (Å²) in [5, 5.41) is 15.9. The van der Waals surface area contributed by atoms with Crippen molar-refractivity contribution in [3.63, 3.8) is 0 Å². The number of hydrogen-bond donors (Lipinski definition) is 2. The lowest BCUT2D eigenvalue weighted by molar-refractivity contribution is 0.0254. The lowest BCUT2D eigenvalue weighted by Gasteiger charge is -2.29. The Balaban J connectivity index is 1.28. The zero-order valence-electron chi connectivity index (χ0n) is 22.7. The lowest BCUT2D eigenvalue weighted by atomic mass is 10.1. The number of piperidine rings is 1. The molecule has 11 nitrogen and oxygen atoms in total. The number of nitriles is 1. The summed E-state index contributed by atoms with van der Waals surface area (Å²) < 4.78 is 16.9. The minimum Gasteiger partial charge on any atom is -0.489 e. The highest BCUT2D eigenvalue weighted by molar-refractivity contribution is 5.96. The second-order valence-corrected chi connectivity index (χ2v) is 9.95. The van der Waals surface area contributed by atoms with E-state index in [4.69, 9.17) is 14.2 Å². The maximum absolute atomic E-state index is 12.9. The molecule has 1 aromatic carbocycles. The van der Waals surface area contributed by atoms with Crippen LogP contribution in [-0.4, -0.2) is 78.4 Å². The first-order valence-electron chi connectivity index (χ1n) is 13.5. The molecule has 208 valence electrons. The van der Waals surface area contributed by atoms with E-state index in [2.05, 4.69) is 43.6 Å². The number of nitrogens with one attached hydrogen (secondary N) is 2. The molecule has 2 aromatic heterocycles. The number of amides is 1. The molecule has 3 aromatic rings. The second kappa shape index (κ2) is 12.7. The zero-order valence-corrected chi connectivity index (χ0v) is 22.7. The number of ether oxygens (including phenoxy) is 3. The average Bonchev–Trinajstić information content (AvgIpc) is 2.99. The van der Waals surface area contributed by atoms with Crippen LogP contribution in [0.5, 0.6) is 11.6 Å². The van der Waals surface area contributed by atoms with E-state index >= 15 is 0 Å². The third kappa shape index (κ3) is 6.65. The number of hydrogen-bond acceptors (Lipinski definition) is 10. The molecule has 0 atom stereocenters. The van der Waals surface area contributed by atoms with E-state index < -0.39 is 0 Å². The monoisotopic (exact) mass is 543 g/mol. The Hall–Kier alpha value is -4.27. The van der Waals surface area contributed by atoms with Crippen molar-refractivity contribution in [2.75, 3.05) is 45.8 Å². The van der Waals surface area contributed by atoms with Gasteiger partial charge in [0.2, 0.25) is 11.8 Å². The van der Waals surface area contributed by atoms with Crippen LogP contribution >= 0.6 is 0 Å². The van der Waals surface area contributed by atoms with Gasteiger partial charge in [-0.15, -0.1) is 0 Å². The van der Waals surface area contributed by atoms with Crippen molar-refractivity contribution >= 4 is 17.7 Å². The fourth-order valence-corrected chi connectivity index (χ4v) is 4.80. The topological polar surface area (TPSA) is 135 Å². The van der Waals surface area contributed by atoms with E-state index in [-0.39, 0.29) is 23.9 Å². The molecule has 0 aliphatic carbocycles. The van der Waals surface area contributed by atoms with E-state index in [1.54, 1.807) is 36.5 Å². The number of likely N-dealkylation sites (tertiary alicyclic amines) is 1. The number of anilines is 2. The molecule has 2 aliphatic rings. The number of pyridine rings is 1. The molecular formula is C29H33N7O4. The molecule has 2 N–H and O–H groups in total. The Morgan fingerprint density at radius 3 is 2.65 bits per heavy atom. The molecule has 2 fully saturated rings. The van der Waals surface area contributed by atoms with Crippen LogP contribution in [0.4, 0.5) is 11.8 Å². The van der Waals surface area contributed by atoms with Gasteiger partial charge in [0.1, 0.15) is 29.3 Å². The second-order valence-electron chi connectivity index (χ2n) is 9.95. The van der Waals surface area contributed by atoms with Gasteiger partial charge in [-0.1, -0.05) is 0 Å². The molecule has 2 aliphatic heterocycles. The summed E-state index contributed by atoms with van der Waals surface area (Å²) in [4.78, 5) is 28.5. The summed E-state index contributed by atoms with van der Waals surface area (Å²) in [6.45, 7) is 3.23. The van der Waals surface area contributed by atoms with Crippen molar-refractivity contribution in [3.8, 4) is 29.0 Å². The molecule has 5 rings (SSSR count). The average molecular weight is 544 g/mol. The Labute approximate surface area is 233 Å². The number of aromatic nitrogens is 3. The van der Waals surface area contributed by atoms with Crippen molar-refractivity contribution in [3.05, 3.63) is 53.7 Å². The van der Waals surface area contributed by atoms with Gasteiger partial charge in [-0.2, -0.15) is 10.2 Å². The first-order chi connectivity index (χ1) is 19.5. The SMILES string of the molecule is COc1nc(Nc2nccc(-c3ccc(OC4CCOCC4)c(C#N)c3)n2)ccc1C(=O)NC1CCN(C)CC1. The summed E-state index contributed by atoms with van der Waals surface area (Å²) in [6.07, 6.45) is 5.09. The number of rotatable bonds is 8. The van der Waals surface area contributed by atoms with Crippen LogP contribution in [0.25, 0.3) is 11.3 Å². The summed E-state index contributed by atoms with van der Waals surface area (Å²) >= 11 is 0. The van der Waals surface area contributed by atoms with Gasteiger partial charge >= 0.3 is 0 Å². The molecule has 0 saturated carbocycles. The Morgan fingerprint density at radius 2 is 1.90 bits per heavy atom. The van der Waals surface area contributed by atoms with E-state index in [9.17, 15) is 10.1 Å². The standard InChI is InChI=1S/C29H33N7O4/c1-36-13-8-21(9-14-36)32-27(37)23-4-6-26(34-28(23)38-2)35-29-31-12-7-24(33-29)19-3-5-25(20(17-19)18-30)40-22-10-15-39-16-11-22/h3-7,12,17,21-22H,8-11,13-16H2,1-2H3,(H,32,37)(H,31,33,34,35). The van der Waals surface area contributed by atoms with Gasteiger partial charge in [-0.25, -0.2) is 9.97 Å². The maximum atomic E-state index is 12.9. The van der Waals surface area contributed by atoms with E-state index in [1.807, 2.05) is 6.07 Å². The zero-order chi connectivity index (χ0) is 27.9. The van der Waals surface area contributed by atoms with Crippen molar-refractivity contribution in [2.45, 2.75) is 37.8 Å². The minimum absolute atomic E-state index is 0.0396. The van der Waals surface area contributed by atoms with Gasteiger partial charge in [-0.3, -0.25) is 4.79 Å². The number of methoxy groups -OCH3 is 1. The van der Waals surface area contributed by atoms with E-state index in [0.29, 0.717) is 47.6 Å². The summed E-state index contributed by atoms with van der Waals surface area (Å²) in [5.41, 5.74) is 2.20. The Morgan fingerprint density at radius 1 is 1.10 bits per heavy atom. The number of carbonyl (C=O) groups excluding carboxylic acids is 1.